The van der Waals surface area contributed by atoms with Crippen molar-refractivity contribution in [1.29, 1.82) is 0 Å². The number of benzene rings is 2. The van der Waals surface area contributed by atoms with Crippen LogP contribution in [0.1, 0.15) is 83.7 Å². The molecule has 0 atom stereocenters. The van der Waals surface area contributed by atoms with E-state index in [1.165, 1.54) is 27.8 Å². The van der Waals surface area contributed by atoms with Crippen molar-refractivity contribution in [3.63, 3.8) is 0 Å². The lowest BCUT2D eigenvalue weighted by molar-refractivity contribution is 0.0792. The van der Waals surface area contributed by atoms with Gasteiger partial charge in [0.15, 0.2) is 0 Å². The molecule has 10 heteroatoms. The molecule has 6 rings (SSSR count). The number of fused-ring (bicyclic) bond motifs is 2. The topological polar surface area (TPSA) is 98.8 Å². The van der Waals surface area contributed by atoms with Crippen LogP contribution in [-0.4, -0.2) is 50.3 Å². The number of hydrogen-bond donors (Lipinski definition) is 2. The summed E-state index contributed by atoms with van der Waals surface area (Å²) in [6, 6.07) is 13.7. The maximum atomic E-state index is 13.8. The third kappa shape index (κ3) is 5.14. The number of hydrogen-bond acceptors (Lipinski definition) is 6. The number of aryl methyl sites for hydroxylation is 1. The molecular weight excluding hydrogens is 569 g/mol. The van der Waals surface area contributed by atoms with Crippen molar-refractivity contribution in [3.05, 3.63) is 75.7 Å². The highest BCUT2D eigenvalue weighted by Crippen LogP contribution is 2.46. The van der Waals surface area contributed by atoms with Gasteiger partial charge in [-0.3, -0.25) is 13.9 Å². The van der Waals surface area contributed by atoms with Gasteiger partial charge in [0.25, 0.3) is 21.8 Å². The summed E-state index contributed by atoms with van der Waals surface area (Å²) < 4.78 is 28.6. The molecule has 0 unspecified atom stereocenters. The minimum absolute atomic E-state index is 0.0305. The van der Waals surface area contributed by atoms with Gasteiger partial charge in [-0.15, -0.1) is 11.3 Å². The number of anilines is 2. The van der Waals surface area contributed by atoms with Gasteiger partial charge in [0, 0.05) is 41.2 Å². The van der Waals surface area contributed by atoms with Gasteiger partial charge in [0.2, 0.25) is 0 Å². The number of thiophene rings is 1. The number of nitrogens with zero attached hydrogens (tertiary/aromatic N) is 2. The molecule has 4 heterocycles. The monoisotopic (exact) mass is 606 g/mol. The highest BCUT2D eigenvalue weighted by atomic mass is 32.2. The third-order valence-corrected chi connectivity index (χ3v) is 11.7. The average Bonchev–Trinajstić information content (AvgIpc) is 3.60. The number of rotatable bonds is 5. The standard InChI is InChI=1S/C32H38N4O4S2/c1-31(2)20-24-26(30(38)35-17-7-8-18-35)29(41-27(24)32(3,4)34-31)33-28(37)22-13-15-23(16-14-22)42(39,40)36-19-9-11-21-10-5-6-12-25(21)36/h5-6,10,12-16,34H,7-9,11,17-20H2,1-4H3,(H,33,37). The van der Waals surface area contributed by atoms with Crippen LogP contribution in [0, 0.1) is 0 Å². The Bertz CT molecular complexity index is 1650. The maximum absolute atomic E-state index is 13.8. The first-order chi connectivity index (χ1) is 19.9. The van der Waals surface area contributed by atoms with Crippen LogP contribution in [-0.2, 0) is 28.4 Å². The molecule has 42 heavy (non-hydrogen) atoms. The molecule has 1 aromatic heterocycles. The van der Waals surface area contributed by atoms with Crippen molar-refractivity contribution >= 4 is 43.9 Å². The predicted molar refractivity (Wildman–Crippen MR) is 167 cm³/mol. The molecule has 0 aliphatic carbocycles. The summed E-state index contributed by atoms with van der Waals surface area (Å²) >= 11 is 1.45. The summed E-state index contributed by atoms with van der Waals surface area (Å²) in [5, 5.41) is 7.27. The van der Waals surface area contributed by atoms with E-state index in [0.29, 0.717) is 34.8 Å². The summed E-state index contributed by atoms with van der Waals surface area (Å²) in [5.74, 6) is -0.404. The fraction of sp³-hybridized carbons (Fsp3) is 0.438. The van der Waals surface area contributed by atoms with E-state index in [9.17, 15) is 18.0 Å². The van der Waals surface area contributed by atoms with Gasteiger partial charge >= 0.3 is 0 Å². The first-order valence-corrected chi connectivity index (χ1v) is 16.9. The normalized spacial score (nSPS) is 19.2. The number of amides is 2. The van der Waals surface area contributed by atoms with Crippen molar-refractivity contribution < 1.29 is 18.0 Å². The Labute approximate surface area is 252 Å². The number of para-hydroxylation sites is 1. The lowest BCUT2D eigenvalue weighted by atomic mass is 9.81. The van der Waals surface area contributed by atoms with Crippen molar-refractivity contribution in [2.24, 2.45) is 0 Å². The van der Waals surface area contributed by atoms with E-state index in [1.54, 1.807) is 12.1 Å². The van der Waals surface area contributed by atoms with Crippen LogP contribution in [0.3, 0.4) is 0 Å². The zero-order valence-electron chi connectivity index (χ0n) is 24.6. The van der Waals surface area contributed by atoms with Crippen LogP contribution in [0.4, 0.5) is 10.7 Å². The number of carbonyl (C=O) groups excluding carboxylic acids is 2. The second kappa shape index (κ2) is 10.5. The average molecular weight is 607 g/mol. The predicted octanol–water partition coefficient (Wildman–Crippen LogP) is 5.54. The van der Waals surface area contributed by atoms with E-state index in [-0.39, 0.29) is 27.8 Å². The molecule has 0 spiro atoms. The molecule has 222 valence electrons. The molecule has 0 radical (unpaired) electrons. The maximum Gasteiger partial charge on any atom is 0.264 e. The molecule has 2 aromatic carbocycles. The molecule has 8 nitrogen and oxygen atoms in total. The van der Waals surface area contributed by atoms with Crippen LogP contribution in [0.25, 0.3) is 0 Å². The Morgan fingerprint density at radius 2 is 1.62 bits per heavy atom. The molecule has 1 saturated heterocycles. The molecular formula is C32H38N4O4S2. The van der Waals surface area contributed by atoms with Crippen LogP contribution in [0.15, 0.2) is 53.4 Å². The van der Waals surface area contributed by atoms with Crippen LogP contribution in [0.5, 0.6) is 0 Å². The summed E-state index contributed by atoms with van der Waals surface area (Å²) in [4.78, 5) is 30.4. The van der Waals surface area contributed by atoms with Crippen LogP contribution < -0.4 is 14.9 Å². The Hall–Kier alpha value is -3.21. The third-order valence-electron chi connectivity index (χ3n) is 8.45. The quantitative estimate of drug-likeness (QED) is 0.398. The van der Waals surface area contributed by atoms with E-state index in [2.05, 4.69) is 38.3 Å². The Kier molecular flexibility index (Phi) is 7.22. The van der Waals surface area contributed by atoms with Crippen LogP contribution >= 0.6 is 11.3 Å². The highest BCUT2D eigenvalue weighted by Gasteiger charge is 2.42. The van der Waals surface area contributed by atoms with E-state index >= 15 is 0 Å². The van der Waals surface area contributed by atoms with E-state index in [4.69, 9.17) is 0 Å². The molecule has 1 fully saturated rings. The minimum Gasteiger partial charge on any atom is -0.339 e. The van der Waals surface area contributed by atoms with Gasteiger partial charge in [-0.05, 0) is 101 Å². The molecule has 3 aliphatic rings. The molecule has 2 N–H and O–H groups in total. The molecule has 3 aliphatic heterocycles. The SMILES string of the molecule is CC1(C)Cc2c(sc(NC(=O)c3ccc(S(=O)(=O)N4CCCc5ccccc54)cc3)c2C(=O)N2CCCC2)C(C)(C)N1. The number of nitrogens with one attached hydrogen (secondary N) is 2. The van der Waals surface area contributed by atoms with Gasteiger partial charge in [0.05, 0.1) is 16.1 Å². The Morgan fingerprint density at radius 1 is 0.929 bits per heavy atom. The zero-order chi connectivity index (χ0) is 29.9. The van der Waals surface area contributed by atoms with Crippen molar-refractivity contribution in [3.8, 4) is 0 Å². The first-order valence-electron chi connectivity index (χ1n) is 14.6. The number of sulfonamides is 1. The number of carbonyl (C=O) groups is 2. The Balaban J connectivity index is 1.30. The molecule has 2 amide bonds. The minimum atomic E-state index is -3.78. The summed E-state index contributed by atoms with van der Waals surface area (Å²) in [5.41, 5.74) is 3.07. The summed E-state index contributed by atoms with van der Waals surface area (Å²) in [7, 11) is -3.78. The van der Waals surface area contributed by atoms with Crippen molar-refractivity contribution in [2.45, 2.75) is 75.8 Å². The summed E-state index contributed by atoms with van der Waals surface area (Å²) in [6.45, 7) is 10.3. The molecule has 0 bridgehead atoms. The first kappa shape index (κ1) is 28.9. The highest BCUT2D eigenvalue weighted by molar-refractivity contribution is 7.92. The van der Waals surface area contributed by atoms with Gasteiger partial charge < -0.3 is 15.5 Å². The zero-order valence-corrected chi connectivity index (χ0v) is 26.3. The summed E-state index contributed by atoms with van der Waals surface area (Å²) in [6.07, 6.45) is 4.25. The van der Waals surface area contributed by atoms with E-state index in [0.717, 1.165) is 54.8 Å². The lowest BCUT2D eigenvalue weighted by Crippen LogP contribution is -2.55. The smallest absolute Gasteiger partial charge is 0.264 e. The van der Waals surface area contributed by atoms with Crippen molar-refractivity contribution in [2.75, 3.05) is 29.3 Å². The van der Waals surface area contributed by atoms with Gasteiger partial charge in [-0.2, -0.15) is 0 Å². The van der Waals surface area contributed by atoms with Crippen LogP contribution in [0.2, 0.25) is 0 Å². The second-order valence-corrected chi connectivity index (χ2v) is 15.6. The molecule has 3 aromatic rings. The van der Waals surface area contributed by atoms with E-state index in [1.807, 2.05) is 29.2 Å². The van der Waals surface area contributed by atoms with Gasteiger partial charge in [-0.25, -0.2) is 8.42 Å². The van der Waals surface area contributed by atoms with Gasteiger partial charge in [0.1, 0.15) is 5.00 Å². The Morgan fingerprint density at radius 3 is 2.33 bits per heavy atom. The fourth-order valence-corrected chi connectivity index (χ4v) is 9.55. The second-order valence-electron chi connectivity index (χ2n) is 12.7. The fourth-order valence-electron chi connectivity index (χ4n) is 6.75. The van der Waals surface area contributed by atoms with Crippen molar-refractivity contribution in [1.82, 2.24) is 10.2 Å². The molecule has 0 saturated carbocycles. The lowest BCUT2D eigenvalue weighted by Gasteiger charge is -2.42. The van der Waals surface area contributed by atoms with Gasteiger partial charge in [-0.1, -0.05) is 18.2 Å². The number of likely N-dealkylation sites (tertiary alicyclic amines) is 1. The van der Waals surface area contributed by atoms with E-state index < -0.39 is 10.0 Å². The largest absolute Gasteiger partial charge is 0.339 e.